The van der Waals surface area contributed by atoms with Crippen molar-refractivity contribution in [2.24, 2.45) is 5.92 Å². The van der Waals surface area contributed by atoms with Gasteiger partial charge in [-0.25, -0.2) is 0 Å². The maximum absolute atomic E-state index is 12.3. The van der Waals surface area contributed by atoms with E-state index in [9.17, 15) is 4.79 Å². The molecule has 34 heavy (non-hydrogen) atoms. The summed E-state index contributed by atoms with van der Waals surface area (Å²) in [6.45, 7) is 6.78. The molecule has 3 heterocycles. The number of nitrogens with zero attached hydrogens (tertiary/aromatic N) is 4. The molecule has 0 aliphatic carbocycles. The Balaban J connectivity index is 1.11. The summed E-state index contributed by atoms with van der Waals surface area (Å²) >= 11 is 0. The van der Waals surface area contributed by atoms with Gasteiger partial charge in [0.25, 0.3) is 0 Å². The molecule has 3 aromatic rings. The van der Waals surface area contributed by atoms with E-state index in [4.69, 9.17) is 9.47 Å². The Hall–Kier alpha value is -3.39. The highest BCUT2D eigenvalue weighted by Crippen LogP contribution is 2.33. The van der Waals surface area contributed by atoms with Crippen LogP contribution in [0.4, 0.5) is 0 Å². The van der Waals surface area contributed by atoms with Gasteiger partial charge < -0.3 is 24.3 Å². The Bertz CT molecular complexity index is 1130. The van der Waals surface area contributed by atoms with Crippen molar-refractivity contribution in [1.29, 1.82) is 0 Å². The summed E-state index contributed by atoms with van der Waals surface area (Å²) in [5.74, 6) is 4.02. The molecule has 2 aromatic carbocycles. The highest BCUT2D eigenvalue weighted by Gasteiger charge is 2.21. The van der Waals surface area contributed by atoms with E-state index in [1.165, 1.54) is 5.56 Å². The highest BCUT2D eigenvalue weighted by atomic mass is 16.7. The molecular formula is C26H31N5O3. The van der Waals surface area contributed by atoms with Crippen molar-refractivity contribution in [2.45, 2.75) is 39.3 Å². The summed E-state index contributed by atoms with van der Waals surface area (Å²) in [5, 5.41) is 11.7. The average Bonchev–Trinajstić information content (AvgIpc) is 3.41. The lowest BCUT2D eigenvalue weighted by Gasteiger charge is -2.24. The smallest absolute Gasteiger partial charge is 0.231 e. The van der Waals surface area contributed by atoms with Gasteiger partial charge in [0.05, 0.1) is 13.0 Å². The van der Waals surface area contributed by atoms with Crippen LogP contribution in [0.15, 0.2) is 48.5 Å². The lowest BCUT2D eigenvalue weighted by molar-refractivity contribution is -0.120. The third-order valence-electron chi connectivity index (χ3n) is 6.44. The number of aromatic nitrogens is 3. The second-order valence-electron chi connectivity index (χ2n) is 9.17. The molecule has 0 bridgehead atoms. The van der Waals surface area contributed by atoms with Crippen molar-refractivity contribution < 1.29 is 14.3 Å². The van der Waals surface area contributed by atoms with E-state index in [0.717, 1.165) is 67.7 Å². The first-order valence-corrected chi connectivity index (χ1v) is 12.0. The van der Waals surface area contributed by atoms with E-state index in [-0.39, 0.29) is 5.91 Å². The molecule has 0 saturated carbocycles. The van der Waals surface area contributed by atoms with Gasteiger partial charge in [0.15, 0.2) is 17.3 Å². The Kier molecular flexibility index (Phi) is 6.76. The predicted octanol–water partition coefficient (Wildman–Crippen LogP) is 2.60. The molecule has 1 atom stereocenters. The number of nitrogens with one attached hydrogen (secondary N) is 1. The van der Waals surface area contributed by atoms with Crippen LogP contribution in [0, 0.1) is 5.92 Å². The monoisotopic (exact) mass is 461 g/mol. The van der Waals surface area contributed by atoms with Crippen LogP contribution in [0.1, 0.15) is 29.7 Å². The van der Waals surface area contributed by atoms with E-state index in [0.29, 0.717) is 25.7 Å². The van der Waals surface area contributed by atoms with Crippen LogP contribution >= 0.6 is 0 Å². The minimum atomic E-state index is -0.00357. The fourth-order valence-electron chi connectivity index (χ4n) is 4.74. The second-order valence-corrected chi connectivity index (χ2v) is 9.17. The van der Waals surface area contributed by atoms with Crippen molar-refractivity contribution in [1.82, 2.24) is 25.0 Å². The van der Waals surface area contributed by atoms with Gasteiger partial charge in [-0.15, -0.1) is 10.2 Å². The summed E-state index contributed by atoms with van der Waals surface area (Å²) < 4.78 is 13.1. The molecule has 0 saturated heterocycles. The van der Waals surface area contributed by atoms with Gasteiger partial charge in [-0.05, 0) is 35.6 Å². The third-order valence-corrected chi connectivity index (χ3v) is 6.44. The van der Waals surface area contributed by atoms with Crippen molar-refractivity contribution >= 4 is 5.91 Å². The summed E-state index contributed by atoms with van der Waals surface area (Å²) in [4.78, 5) is 14.8. The fraction of sp³-hybridized carbons (Fsp3) is 0.423. The number of benzene rings is 2. The lowest BCUT2D eigenvalue weighted by Crippen LogP contribution is -2.32. The van der Waals surface area contributed by atoms with Crippen LogP contribution in [-0.4, -0.2) is 52.0 Å². The molecule has 2 aliphatic heterocycles. The van der Waals surface area contributed by atoms with E-state index in [2.05, 4.69) is 44.0 Å². The minimum Gasteiger partial charge on any atom is -0.454 e. The summed E-state index contributed by atoms with van der Waals surface area (Å²) in [7, 11) is 0. The molecule has 0 fully saturated rings. The molecular weight excluding hydrogens is 430 g/mol. The average molecular weight is 462 g/mol. The standard InChI is InChI=1S/C26H31N5O3/c1-19(13-21-7-8-22-23(14-21)34-18-33-22)17-30-10-9-24-28-29-25(31(24)12-11-30)16-27-26(32)15-20-5-3-2-4-6-20/h2-8,14,19H,9-13,15-18H2,1H3,(H,27,32). The molecule has 5 rings (SSSR count). The van der Waals surface area contributed by atoms with Gasteiger partial charge in [0.1, 0.15) is 5.82 Å². The largest absolute Gasteiger partial charge is 0.454 e. The molecule has 2 aliphatic rings. The van der Waals surface area contributed by atoms with E-state index < -0.39 is 0 Å². The maximum Gasteiger partial charge on any atom is 0.231 e. The lowest BCUT2D eigenvalue weighted by atomic mass is 10.00. The van der Waals surface area contributed by atoms with Crippen LogP contribution in [0.2, 0.25) is 0 Å². The molecule has 0 radical (unpaired) electrons. The summed E-state index contributed by atoms with van der Waals surface area (Å²) in [6, 6.07) is 16.0. The van der Waals surface area contributed by atoms with Crippen molar-refractivity contribution in [3.05, 3.63) is 71.3 Å². The number of amides is 1. The number of carbonyl (C=O) groups is 1. The summed E-state index contributed by atoms with van der Waals surface area (Å²) in [5.41, 5.74) is 2.28. The topological polar surface area (TPSA) is 81.5 Å². The van der Waals surface area contributed by atoms with Gasteiger partial charge in [-0.1, -0.05) is 43.3 Å². The molecule has 178 valence electrons. The van der Waals surface area contributed by atoms with Crippen LogP contribution in [-0.2, 0) is 37.1 Å². The van der Waals surface area contributed by atoms with Gasteiger partial charge in [0, 0.05) is 32.6 Å². The number of rotatable bonds is 8. The molecule has 1 amide bonds. The number of fused-ring (bicyclic) bond motifs is 2. The first kappa shape index (κ1) is 22.4. The molecule has 8 nitrogen and oxygen atoms in total. The highest BCUT2D eigenvalue weighted by molar-refractivity contribution is 5.78. The first-order chi connectivity index (χ1) is 16.6. The zero-order valence-corrected chi connectivity index (χ0v) is 19.6. The SMILES string of the molecule is CC(Cc1ccc2c(c1)OCO2)CN1CCc2nnc(CNC(=O)Cc3ccccc3)n2CC1. The van der Waals surface area contributed by atoms with Crippen LogP contribution in [0.5, 0.6) is 11.5 Å². The maximum atomic E-state index is 12.3. The van der Waals surface area contributed by atoms with E-state index >= 15 is 0 Å². The van der Waals surface area contributed by atoms with Crippen LogP contribution in [0.3, 0.4) is 0 Å². The zero-order valence-electron chi connectivity index (χ0n) is 19.6. The zero-order chi connectivity index (χ0) is 23.3. The van der Waals surface area contributed by atoms with Crippen molar-refractivity contribution in [3.63, 3.8) is 0 Å². The molecule has 8 heteroatoms. The minimum absolute atomic E-state index is 0.00357. The van der Waals surface area contributed by atoms with E-state index in [1.54, 1.807) is 0 Å². The Morgan fingerprint density at radius 1 is 1.03 bits per heavy atom. The first-order valence-electron chi connectivity index (χ1n) is 12.0. The number of hydrogen-bond acceptors (Lipinski definition) is 6. The normalized spacial score (nSPS) is 16.0. The van der Waals surface area contributed by atoms with Gasteiger partial charge in [-0.2, -0.15) is 0 Å². The molecule has 1 N–H and O–H groups in total. The quantitative estimate of drug-likeness (QED) is 0.555. The number of hydrogen-bond donors (Lipinski definition) is 1. The number of carbonyl (C=O) groups excluding carboxylic acids is 1. The van der Waals surface area contributed by atoms with E-state index in [1.807, 2.05) is 36.4 Å². The fourth-order valence-corrected chi connectivity index (χ4v) is 4.74. The predicted molar refractivity (Wildman–Crippen MR) is 128 cm³/mol. The second kappa shape index (κ2) is 10.3. The van der Waals surface area contributed by atoms with Gasteiger partial charge in [0.2, 0.25) is 12.7 Å². The van der Waals surface area contributed by atoms with Crippen molar-refractivity contribution in [3.8, 4) is 11.5 Å². The number of ether oxygens (including phenoxy) is 2. The third kappa shape index (κ3) is 5.39. The Morgan fingerprint density at radius 2 is 1.88 bits per heavy atom. The summed E-state index contributed by atoms with van der Waals surface area (Å²) in [6.07, 6.45) is 2.23. The Labute approximate surface area is 199 Å². The van der Waals surface area contributed by atoms with Crippen LogP contribution in [0.25, 0.3) is 0 Å². The molecule has 0 spiro atoms. The van der Waals surface area contributed by atoms with Gasteiger partial charge in [-0.3, -0.25) is 4.79 Å². The van der Waals surface area contributed by atoms with Gasteiger partial charge >= 0.3 is 0 Å². The molecule has 1 aromatic heterocycles. The van der Waals surface area contributed by atoms with Crippen molar-refractivity contribution in [2.75, 3.05) is 26.4 Å². The molecule has 1 unspecified atom stereocenters. The Morgan fingerprint density at radius 3 is 2.76 bits per heavy atom. The van der Waals surface area contributed by atoms with Crippen LogP contribution < -0.4 is 14.8 Å².